The monoisotopic (exact) mass is 280 g/mol. The van der Waals surface area contributed by atoms with E-state index in [0.29, 0.717) is 11.4 Å². The predicted octanol–water partition coefficient (Wildman–Crippen LogP) is 3.07. The largest absolute Gasteiger partial charge is 0.396 e. The van der Waals surface area contributed by atoms with Crippen molar-refractivity contribution >= 4 is 18.1 Å². The van der Waals surface area contributed by atoms with Gasteiger partial charge in [-0.3, -0.25) is 0 Å². The highest BCUT2D eigenvalue weighted by Gasteiger charge is 1.99. The van der Waals surface area contributed by atoms with Crippen molar-refractivity contribution in [2.24, 2.45) is 0 Å². The zero-order valence-electron chi connectivity index (χ0n) is 10.1. The number of anilines is 1. The van der Waals surface area contributed by atoms with Crippen molar-refractivity contribution in [2.45, 2.75) is 6.92 Å². The lowest BCUT2D eigenvalue weighted by Crippen LogP contribution is -1.95. The highest BCUT2D eigenvalue weighted by Crippen LogP contribution is 2.10. The van der Waals surface area contributed by atoms with E-state index in [1.54, 1.807) is 12.1 Å². The Morgan fingerprint density at radius 2 is 1.68 bits per heavy atom. The molecule has 0 aliphatic heterocycles. The molecule has 2 aromatic rings. The van der Waals surface area contributed by atoms with Crippen molar-refractivity contribution in [3.8, 4) is 11.8 Å². The Balaban J connectivity index is 0.00000180. The maximum atomic E-state index is 12.9. The van der Waals surface area contributed by atoms with Crippen molar-refractivity contribution in [1.82, 2.24) is 4.98 Å². The number of halogens is 3. The quantitative estimate of drug-likeness (QED) is 0.753. The third-order valence-electron chi connectivity index (χ3n) is 2.25. The highest BCUT2D eigenvalue weighted by atomic mass is 35.5. The molecule has 98 valence electrons. The highest BCUT2D eigenvalue weighted by molar-refractivity contribution is 5.85. The van der Waals surface area contributed by atoms with Gasteiger partial charge in [-0.1, -0.05) is 5.92 Å². The minimum absolute atomic E-state index is 0. The van der Waals surface area contributed by atoms with Crippen LogP contribution in [0.15, 0.2) is 30.3 Å². The topological polar surface area (TPSA) is 38.9 Å². The number of nitrogen functional groups attached to an aromatic ring is 1. The second-order valence-electron chi connectivity index (χ2n) is 3.80. The molecule has 5 heteroatoms. The van der Waals surface area contributed by atoms with Crippen LogP contribution < -0.4 is 5.73 Å². The standard InChI is InChI=1S/C14H10F2N2.ClH/c1-9-2-4-13(17)14(18-9)5-3-10-6-11(15)8-12(16)7-10;/h2,4,6-8H,17H2,1H3;1H. The summed E-state index contributed by atoms with van der Waals surface area (Å²) in [6.07, 6.45) is 0. The van der Waals surface area contributed by atoms with Gasteiger partial charge in [0.05, 0.1) is 5.69 Å². The minimum Gasteiger partial charge on any atom is -0.396 e. The minimum atomic E-state index is -0.663. The van der Waals surface area contributed by atoms with Crippen LogP contribution in [0.5, 0.6) is 0 Å². The molecule has 0 unspecified atom stereocenters. The van der Waals surface area contributed by atoms with E-state index in [2.05, 4.69) is 16.8 Å². The molecule has 0 aliphatic carbocycles. The van der Waals surface area contributed by atoms with E-state index >= 15 is 0 Å². The van der Waals surface area contributed by atoms with Crippen LogP contribution in [0.3, 0.4) is 0 Å². The molecule has 0 bridgehead atoms. The summed E-state index contributed by atoms with van der Waals surface area (Å²) < 4.78 is 25.9. The molecule has 0 radical (unpaired) electrons. The zero-order chi connectivity index (χ0) is 13.1. The van der Waals surface area contributed by atoms with Crippen LogP contribution in [-0.4, -0.2) is 4.98 Å². The summed E-state index contributed by atoms with van der Waals surface area (Å²) in [5.41, 5.74) is 7.56. The number of aromatic nitrogens is 1. The zero-order valence-corrected chi connectivity index (χ0v) is 10.9. The predicted molar refractivity (Wildman–Crippen MR) is 73.0 cm³/mol. The van der Waals surface area contributed by atoms with Crippen LogP contribution in [0.2, 0.25) is 0 Å². The molecular formula is C14H11ClF2N2. The van der Waals surface area contributed by atoms with Gasteiger partial charge in [-0.25, -0.2) is 13.8 Å². The Morgan fingerprint density at radius 1 is 1.05 bits per heavy atom. The first kappa shape index (κ1) is 14.9. The normalized spacial score (nSPS) is 9.21. The molecule has 2 nitrogen and oxygen atoms in total. The Kier molecular flexibility index (Phi) is 4.85. The van der Waals surface area contributed by atoms with E-state index < -0.39 is 11.6 Å². The fraction of sp³-hybridized carbons (Fsp3) is 0.0714. The maximum absolute atomic E-state index is 12.9. The molecule has 0 aliphatic rings. The van der Waals surface area contributed by atoms with Gasteiger partial charge in [-0.05, 0) is 37.1 Å². The van der Waals surface area contributed by atoms with E-state index in [0.717, 1.165) is 23.9 Å². The van der Waals surface area contributed by atoms with E-state index in [1.807, 2.05) is 6.92 Å². The number of benzene rings is 1. The number of hydrogen-bond donors (Lipinski definition) is 1. The van der Waals surface area contributed by atoms with Crippen molar-refractivity contribution < 1.29 is 8.78 Å². The number of pyridine rings is 1. The lowest BCUT2D eigenvalue weighted by atomic mass is 10.2. The Morgan fingerprint density at radius 3 is 2.32 bits per heavy atom. The molecule has 0 spiro atoms. The van der Waals surface area contributed by atoms with Crippen molar-refractivity contribution in [3.05, 3.63) is 58.9 Å². The first-order chi connectivity index (χ1) is 8.54. The molecule has 1 aromatic carbocycles. The second kappa shape index (κ2) is 6.17. The van der Waals surface area contributed by atoms with Crippen molar-refractivity contribution in [3.63, 3.8) is 0 Å². The summed E-state index contributed by atoms with van der Waals surface area (Å²) in [6, 6.07) is 6.56. The first-order valence-corrected chi connectivity index (χ1v) is 5.26. The molecule has 2 N–H and O–H groups in total. The summed E-state index contributed by atoms with van der Waals surface area (Å²) in [5, 5.41) is 0. The molecule has 1 aromatic heterocycles. The number of aryl methyl sites for hydroxylation is 1. The van der Waals surface area contributed by atoms with Gasteiger partial charge in [0.1, 0.15) is 17.3 Å². The van der Waals surface area contributed by atoms with Crippen LogP contribution in [-0.2, 0) is 0 Å². The molecule has 2 rings (SSSR count). The van der Waals surface area contributed by atoms with Crippen LogP contribution in [0.4, 0.5) is 14.5 Å². The van der Waals surface area contributed by atoms with Gasteiger partial charge >= 0.3 is 0 Å². The lowest BCUT2D eigenvalue weighted by molar-refractivity contribution is 0.582. The molecule has 1 heterocycles. The van der Waals surface area contributed by atoms with Gasteiger partial charge in [-0.15, -0.1) is 12.4 Å². The maximum Gasteiger partial charge on any atom is 0.136 e. The molecule has 0 saturated carbocycles. The van der Waals surface area contributed by atoms with Crippen LogP contribution in [0.1, 0.15) is 17.0 Å². The number of nitrogens with two attached hydrogens (primary N) is 1. The van der Waals surface area contributed by atoms with Crippen LogP contribution in [0.25, 0.3) is 0 Å². The Labute approximate surface area is 116 Å². The van der Waals surface area contributed by atoms with E-state index in [4.69, 9.17) is 5.73 Å². The second-order valence-corrected chi connectivity index (χ2v) is 3.80. The first-order valence-electron chi connectivity index (χ1n) is 5.26. The average Bonchev–Trinajstić information content (AvgIpc) is 2.29. The molecular weight excluding hydrogens is 270 g/mol. The average molecular weight is 281 g/mol. The molecule has 0 atom stereocenters. The molecule has 19 heavy (non-hydrogen) atoms. The number of hydrogen-bond acceptors (Lipinski definition) is 2. The smallest absolute Gasteiger partial charge is 0.136 e. The van der Waals surface area contributed by atoms with Crippen LogP contribution in [0, 0.1) is 30.4 Å². The third kappa shape index (κ3) is 3.94. The van der Waals surface area contributed by atoms with E-state index in [-0.39, 0.29) is 18.0 Å². The van der Waals surface area contributed by atoms with Crippen molar-refractivity contribution in [2.75, 3.05) is 5.73 Å². The van der Waals surface area contributed by atoms with Gasteiger partial charge in [0.2, 0.25) is 0 Å². The van der Waals surface area contributed by atoms with Gasteiger partial charge in [0.25, 0.3) is 0 Å². The van der Waals surface area contributed by atoms with Gasteiger partial charge in [-0.2, -0.15) is 0 Å². The van der Waals surface area contributed by atoms with E-state index in [1.165, 1.54) is 0 Å². The summed E-state index contributed by atoms with van der Waals surface area (Å²) >= 11 is 0. The fourth-order valence-electron chi connectivity index (χ4n) is 1.42. The number of rotatable bonds is 0. The summed E-state index contributed by atoms with van der Waals surface area (Å²) in [5.74, 6) is 4.02. The summed E-state index contributed by atoms with van der Waals surface area (Å²) in [4.78, 5) is 4.15. The van der Waals surface area contributed by atoms with Crippen LogP contribution >= 0.6 is 12.4 Å². The van der Waals surface area contributed by atoms with Gasteiger partial charge in [0, 0.05) is 17.3 Å². The summed E-state index contributed by atoms with van der Waals surface area (Å²) in [6.45, 7) is 1.81. The van der Waals surface area contributed by atoms with E-state index in [9.17, 15) is 8.78 Å². The number of nitrogens with zero attached hydrogens (tertiary/aromatic N) is 1. The Hall–Kier alpha value is -2.12. The Bertz CT molecular complexity index is 640. The fourth-order valence-corrected chi connectivity index (χ4v) is 1.42. The SMILES string of the molecule is Cc1ccc(N)c(C#Cc2cc(F)cc(F)c2)n1.Cl. The van der Waals surface area contributed by atoms with Crippen molar-refractivity contribution in [1.29, 1.82) is 0 Å². The molecule has 0 saturated heterocycles. The third-order valence-corrected chi connectivity index (χ3v) is 2.25. The molecule has 0 fully saturated rings. The lowest BCUT2D eigenvalue weighted by Gasteiger charge is -1.98. The molecule has 0 amide bonds. The van der Waals surface area contributed by atoms with Gasteiger partial charge in [0.15, 0.2) is 0 Å². The van der Waals surface area contributed by atoms with Gasteiger partial charge < -0.3 is 5.73 Å². The summed E-state index contributed by atoms with van der Waals surface area (Å²) in [7, 11) is 0.